The maximum Gasteiger partial charge on any atom is 0.293 e. The summed E-state index contributed by atoms with van der Waals surface area (Å²) in [5, 5.41) is 5.86. The molecule has 3 aromatic rings. The topological polar surface area (TPSA) is 103 Å². The predicted molar refractivity (Wildman–Crippen MR) is 120 cm³/mol. The highest BCUT2D eigenvalue weighted by Gasteiger charge is 2.22. The summed E-state index contributed by atoms with van der Waals surface area (Å²) in [6.07, 6.45) is 8.60. The van der Waals surface area contributed by atoms with E-state index in [-0.39, 0.29) is 16.4 Å². The molecule has 0 atom stereocenters. The minimum Gasteiger partial charge on any atom is -0.459 e. The molecule has 2 aromatic heterocycles. The van der Waals surface area contributed by atoms with E-state index in [0.717, 1.165) is 18.5 Å². The molecule has 1 saturated carbocycles. The Balaban J connectivity index is 1.64. The molecular formula is C21H23N5O3S. The Labute approximate surface area is 178 Å². The Bertz CT molecular complexity index is 1120. The molecule has 0 saturated heterocycles. The number of nitrogens with one attached hydrogen (secondary N) is 3. The first-order valence-electron chi connectivity index (χ1n) is 9.93. The highest BCUT2D eigenvalue weighted by atomic mass is 32.1. The summed E-state index contributed by atoms with van der Waals surface area (Å²) in [7, 11) is 2.05. The molecule has 9 heteroatoms. The molecule has 2 heterocycles. The summed E-state index contributed by atoms with van der Waals surface area (Å²) >= 11 is 5.35. The van der Waals surface area contributed by atoms with Crippen molar-refractivity contribution >= 4 is 45.6 Å². The van der Waals surface area contributed by atoms with E-state index in [1.807, 2.05) is 6.07 Å². The van der Waals surface area contributed by atoms with Gasteiger partial charge in [0.25, 0.3) is 11.5 Å². The van der Waals surface area contributed by atoms with Crippen LogP contribution in [0.25, 0.3) is 11.0 Å². The molecule has 156 valence electrons. The van der Waals surface area contributed by atoms with Crippen molar-refractivity contribution in [2.24, 2.45) is 0 Å². The van der Waals surface area contributed by atoms with Crippen LogP contribution in [0.5, 0.6) is 0 Å². The molecule has 30 heavy (non-hydrogen) atoms. The SMILES string of the molecule is CN(c1cc2ncc(=O)[nH]c2cc1NC(=S)NC(=O)c1ccco1)C1CCCCC1. The number of benzene rings is 1. The highest BCUT2D eigenvalue weighted by Crippen LogP contribution is 2.33. The standard InChI is InChI=1S/C21H23N5O3S/c1-26(13-6-3-2-4-7-13)17-11-14-15(23-19(27)12-22-14)10-16(17)24-21(30)25-20(28)18-8-5-9-29-18/h5,8-13H,2-4,6-7H2,1H3,(H,23,27)(H2,24,25,28,30). The number of hydrogen-bond donors (Lipinski definition) is 3. The lowest BCUT2D eigenvalue weighted by atomic mass is 9.94. The van der Waals surface area contributed by atoms with Gasteiger partial charge in [0.1, 0.15) is 0 Å². The molecular weight excluding hydrogens is 402 g/mol. The fourth-order valence-corrected chi connectivity index (χ4v) is 4.06. The van der Waals surface area contributed by atoms with Crippen LogP contribution in [0.4, 0.5) is 11.4 Å². The average Bonchev–Trinajstić information content (AvgIpc) is 3.28. The third kappa shape index (κ3) is 4.35. The molecule has 0 aliphatic heterocycles. The molecule has 0 radical (unpaired) electrons. The van der Waals surface area contributed by atoms with Crippen molar-refractivity contribution in [2.75, 3.05) is 17.3 Å². The zero-order valence-electron chi connectivity index (χ0n) is 16.6. The Morgan fingerprint density at radius 1 is 1.30 bits per heavy atom. The number of rotatable bonds is 4. The van der Waals surface area contributed by atoms with Crippen molar-refractivity contribution < 1.29 is 9.21 Å². The van der Waals surface area contributed by atoms with Crippen LogP contribution < -0.4 is 21.1 Å². The van der Waals surface area contributed by atoms with Gasteiger partial charge < -0.3 is 19.6 Å². The second-order valence-electron chi connectivity index (χ2n) is 7.42. The van der Waals surface area contributed by atoms with Gasteiger partial charge >= 0.3 is 0 Å². The first-order valence-corrected chi connectivity index (χ1v) is 10.3. The number of aromatic nitrogens is 2. The monoisotopic (exact) mass is 425 g/mol. The molecule has 8 nitrogen and oxygen atoms in total. The van der Waals surface area contributed by atoms with Gasteiger partial charge in [0.05, 0.1) is 34.9 Å². The van der Waals surface area contributed by atoms with Gasteiger partial charge in [-0.1, -0.05) is 19.3 Å². The lowest BCUT2D eigenvalue weighted by molar-refractivity contribution is 0.0950. The van der Waals surface area contributed by atoms with Crippen LogP contribution in [0, 0.1) is 0 Å². The first-order chi connectivity index (χ1) is 14.5. The van der Waals surface area contributed by atoms with Crippen LogP contribution in [0.15, 0.2) is 45.9 Å². The second kappa shape index (κ2) is 8.66. The van der Waals surface area contributed by atoms with Crippen molar-refractivity contribution in [1.29, 1.82) is 0 Å². The Hall–Kier alpha value is -3.20. The minimum atomic E-state index is -0.435. The second-order valence-corrected chi connectivity index (χ2v) is 7.83. The normalized spacial score (nSPS) is 14.4. The molecule has 1 aliphatic rings. The quantitative estimate of drug-likeness (QED) is 0.550. The van der Waals surface area contributed by atoms with Gasteiger partial charge in [-0.3, -0.25) is 14.9 Å². The number of aromatic amines is 1. The lowest BCUT2D eigenvalue weighted by Gasteiger charge is -2.34. The van der Waals surface area contributed by atoms with Crippen molar-refractivity contribution in [3.63, 3.8) is 0 Å². The zero-order valence-corrected chi connectivity index (χ0v) is 17.4. The van der Waals surface area contributed by atoms with E-state index in [1.54, 1.807) is 18.2 Å². The number of carbonyl (C=O) groups is 1. The van der Waals surface area contributed by atoms with Crippen LogP contribution in [-0.4, -0.2) is 34.1 Å². The van der Waals surface area contributed by atoms with Crippen LogP contribution in [0.3, 0.4) is 0 Å². The number of furan rings is 1. The number of nitrogens with zero attached hydrogens (tertiary/aromatic N) is 2. The summed E-state index contributed by atoms with van der Waals surface area (Å²) in [6, 6.07) is 7.33. The predicted octanol–water partition coefficient (Wildman–Crippen LogP) is 3.41. The van der Waals surface area contributed by atoms with Gasteiger partial charge in [-0.15, -0.1) is 0 Å². The molecule has 1 fully saturated rings. The number of fused-ring (bicyclic) bond motifs is 1. The smallest absolute Gasteiger partial charge is 0.293 e. The average molecular weight is 426 g/mol. The van der Waals surface area contributed by atoms with Gasteiger partial charge in [0, 0.05) is 13.1 Å². The van der Waals surface area contributed by atoms with Crippen LogP contribution >= 0.6 is 12.2 Å². The number of thiocarbonyl (C=S) groups is 1. The van der Waals surface area contributed by atoms with E-state index in [0.29, 0.717) is 22.8 Å². The fourth-order valence-electron chi connectivity index (χ4n) is 3.86. The molecule has 1 amide bonds. The van der Waals surface area contributed by atoms with E-state index in [9.17, 15) is 9.59 Å². The van der Waals surface area contributed by atoms with Gasteiger partial charge in [0.15, 0.2) is 10.9 Å². The van der Waals surface area contributed by atoms with Crippen LogP contribution in [0.2, 0.25) is 0 Å². The van der Waals surface area contributed by atoms with Crippen LogP contribution in [0.1, 0.15) is 42.7 Å². The molecule has 4 rings (SSSR count). The maximum absolute atomic E-state index is 12.2. The number of H-pyrrole nitrogens is 1. The van der Waals surface area contributed by atoms with Gasteiger partial charge in [0.2, 0.25) is 0 Å². The third-order valence-electron chi connectivity index (χ3n) is 5.42. The zero-order chi connectivity index (χ0) is 21.1. The van der Waals surface area contributed by atoms with Gasteiger partial charge in [-0.2, -0.15) is 0 Å². The third-order valence-corrected chi connectivity index (χ3v) is 5.62. The maximum atomic E-state index is 12.2. The summed E-state index contributed by atoms with van der Waals surface area (Å²) in [5.74, 6) is -0.263. The molecule has 1 aromatic carbocycles. The first kappa shape index (κ1) is 20.1. The number of anilines is 2. The Morgan fingerprint density at radius 3 is 2.83 bits per heavy atom. The molecule has 1 aliphatic carbocycles. The summed E-state index contributed by atoms with van der Waals surface area (Å²) in [5.41, 5.74) is 2.58. The van der Waals surface area contributed by atoms with Crippen LogP contribution in [-0.2, 0) is 0 Å². The fraction of sp³-hybridized carbons (Fsp3) is 0.333. The van der Waals surface area contributed by atoms with E-state index < -0.39 is 5.91 Å². The van der Waals surface area contributed by atoms with Gasteiger partial charge in [-0.05, 0) is 49.3 Å². The summed E-state index contributed by atoms with van der Waals surface area (Å²) < 4.78 is 5.10. The van der Waals surface area contributed by atoms with E-state index in [2.05, 4.69) is 32.5 Å². The molecule has 3 N–H and O–H groups in total. The molecule has 0 unspecified atom stereocenters. The summed E-state index contributed by atoms with van der Waals surface area (Å²) in [6.45, 7) is 0. The van der Waals surface area contributed by atoms with E-state index in [4.69, 9.17) is 16.6 Å². The van der Waals surface area contributed by atoms with Crippen molar-refractivity contribution in [2.45, 2.75) is 38.1 Å². The lowest BCUT2D eigenvalue weighted by Crippen LogP contribution is -2.36. The number of amides is 1. The van der Waals surface area contributed by atoms with Crippen molar-refractivity contribution in [3.8, 4) is 0 Å². The highest BCUT2D eigenvalue weighted by molar-refractivity contribution is 7.80. The molecule has 0 spiro atoms. The molecule has 0 bridgehead atoms. The van der Waals surface area contributed by atoms with Crippen molar-refractivity contribution in [1.82, 2.24) is 15.3 Å². The van der Waals surface area contributed by atoms with Gasteiger partial charge in [-0.25, -0.2) is 4.98 Å². The van der Waals surface area contributed by atoms with E-state index in [1.165, 1.54) is 31.7 Å². The largest absolute Gasteiger partial charge is 0.459 e. The number of hydrogen-bond acceptors (Lipinski definition) is 6. The van der Waals surface area contributed by atoms with Crippen molar-refractivity contribution in [3.05, 3.63) is 52.8 Å². The minimum absolute atomic E-state index is 0.139. The summed E-state index contributed by atoms with van der Waals surface area (Å²) in [4.78, 5) is 33.2. The Morgan fingerprint density at radius 2 is 2.10 bits per heavy atom. The van der Waals surface area contributed by atoms with E-state index >= 15 is 0 Å². The Kier molecular flexibility index (Phi) is 5.80. The number of carbonyl (C=O) groups excluding carboxylic acids is 1.